The average molecular weight is 184 g/mol. The predicted molar refractivity (Wildman–Crippen MR) is 37.2 cm³/mol. The standard InChI is InChI=1S/C6H10O2S.K/c1-4(3-7)6(8)5(2)9;/h3,5,7,9H,1-2H3;/q;+1/p-1/b4-3+;. The molecule has 0 rings (SSSR count). The zero-order valence-electron chi connectivity index (χ0n) is 6.42. The first kappa shape index (κ1) is 13.8. The molecule has 0 fully saturated rings. The molecule has 0 aliphatic carbocycles. The van der Waals surface area contributed by atoms with Crippen LogP contribution in [0.2, 0.25) is 0 Å². The number of hydrogen-bond donors (Lipinski definition) is 1. The molecule has 0 N–H and O–H groups in total. The van der Waals surface area contributed by atoms with Crippen LogP contribution in [0.25, 0.3) is 0 Å². The minimum absolute atomic E-state index is 0. The fraction of sp³-hybridized carbons (Fsp3) is 0.500. The van der Waals surface area contributed by atoms with Crippen LogP contribution in [0, 0.1) is 0 Å². The molecule has 0 saturated carbocycles. The summed E-state index contributed by atoms with van der Waals surface area (Å²) in [5.41, 5.74) is 0.234. The number of Topliss-reactive ketones (excluding diaryl/α,β-unsaturated/α-hetero) is 1. The zero-order valence-corrected chi connectivity index (χ0v) is 10.4. The van der Waals surface area contributed by atoms with Crippen molar-refractivity contribution in [1.29, 1.82) is 0 Å². The summed E-state index contributed by atoms with van der Waals surface area (Å²) in [7, 11) is 0. The topological polar surface area (TPSA) is 40.1 Å². The van der Waals surface area contributed by atoms with Gasteiger partial charge in [-0.2, -0.15) is 12.6 Å². The van der Waals surface area contributed by atoms with Crippen LogP contribution in [-0.2, 0) is 4.79 Å². The Labute approximate surface area is 109 Å². The predicted octanol–water partition coefficient (Wildman–Crippen LogP) is -2.86. The first-order valence-electron chi connectivity index (χ1n) is 2.60. The molecular formula is C6H9KO2S. The molecule has 0 spiro atoms. The molecule has 0 aliphatic heterocycles. The fourth-order valence-corrected chi connectivity index (χ4v) is 0.591. The molecule has 1 unspecified atom stereocenters. The van der Waals surface area contributed by atoms with Gasteiger partial charge >= 0.3 is 51.4 Å². The van der Waals surface area contributed by atoms with Gasteiger partial charge in [-0.3, -0.25) is 4.79 Å². The molecule has 0 bridgehead atoms. The quantitative estimate of drug-likeness (QED) is 0.217. The van der Waals surface area contributed by atoms with E-state index in [-0.39, 0.29) is 68.0 Å². The van der Waals surface area contributed by atoms with Crippen molar-refractivity contribution in [2.45, 2.75) is 19.1 Å². The van der Waals surface area contributed by atoms with Gasteiger partial charge in [0.15, 0.2) is 5.78 Å². The summed E-state index contributed by atoms with van der Waals surface area (Å²) in [5, 5.41) is 9.59. The van der Waals surface area contributed by atoms with Gasteiger partial charge in [0.05, 0.1) is 5.25 Å². The van der Waals surface area contributed by atoms with E-state index >= 15 is 0 Å². The third kappa shape index (κ3) is 4.93. The van der Waals surface area contributed by atoms with Crippen molar-refractivity contribution in [3.8, 4) is 0 Å². The van der Waals surface area contributed by atoms with Gasteiger partial charge in [0.25, 0.3) is 0 Å². The number of thiol groups is 1. The molecule has 0 amide bonds. The van der Waals surface area contributed by atoms with E-state index in [0.717, 1.165) is 0 Å². The molecule has 4 heteroatoms. The number of ketones is 1. The van der Waals surface area contributed by atoms with Crippen LogP contribution in [-0.4, -0.2) is 11.0 Å². The van der Waals surface area contributed by atoms with E-state index in [1.165, 1.54) is 6.92 Å². The van der Waals surface area contributed by atoms with Gasteiger partial charge in [-0.25, -0.2) is 0 Å². The summed E-state index contributed by atoms with van der Waals surface area (Å²) in [5.74, 6) is -0.201. The van der Waals surface area contributed by atoms with E-state index in [2.05, 4.69) is 12.6 Å². The number of carbonyl (C=O) groups excluding carboxylic acids is 1. The summed E-state index contributed by atoms with van der Waals surface area (Å²) < 4.78 is 0. The summed E-state index contributed by atoms with van der Waals surface area (Å²) in [6, 6.07) is 0. The summed E-state index contributed by atoms with van der Waals surface area (Å²) >= 11 is 3.86. The van der Waals surface area contributed by atoms with E-state index in [4.69, 9.17) is 0 Å². The first-order chi connectivity index (χ1) is 4.09. The van der Waals surface area contributed by atoms with Gasteiger partial charge in [-0.15, -0.1) is 6.26 Å². The minimum atomic E-state index is -0.366. The van der Waals surface area contributed by atoms with Crippen molar-refractivity contribution in [3.63, 3.8) is 0 Å². The smallest absolute Gasteiger partial charge is 0.878 e. The molecule has 0 saturated heterocycles. The molecule has 1 atom stereocenters. The number of hydrogen-bond acceptors (Lipinski definition) is 3. The normalized spacial score (nSPS) is 13.7. The van der Waals surface area contributed by atoms with Crippen LogP contribution < -0.4 is 56.5 Å². The maximum atomic E-state index is 10.7. The molecule has 0 aromatic heterocycles. The monoisotopic (exact) mass is 184 g/mol. The summed E-state index contributed by atoms with van der Waals surface area (Å²) in [6.07, 6.45) is 0.551. The Bertz CT molecular complexity index is 143. The largest absolute Gasteiger partial charge is 1.00 e. The number of rotatable bonds is 2. The SMILES string of the molecule is C/C(=C\[O-])C(=O)C(C)S.[K+]. The molecule has 0 aliphatic rings. The molecule has 0 aromatic carbocycles. The molecule has 0 radical (unpaired) electrons. The third-order valence-corrected chi connectivity index (χ3v) is 1.18. The molecular weight excluding hydrogens is 175 g/mol. The van der Waals surface area contributed by atoms with Gasteiger partial charge in [0.2, 0.25) is 0 Å². The van der Waals surface area contributed by atoms with Crippen molar-refractivity contribution in [2.75, 3.05) is 0 Å². The second kappa shape index (κ2) is 6.88. The van der Waals surface area contributed by atoms with E-state index in [1.807, 2.05) is 0 Å². The van der Waals surface area contributed by atoms with Gasteiger partial charge < -0.3 is 5.11 Å². The number of carbonyl (C=O) groups is 1. The van der Waals surface area contributed by atoms with E-state index in [0.29, 0.717) is 6.26 Å². The minimum Gasteiger partial charge on any atom is -0.878 e. The van der Waals surface area contributed by atoms with Crippen LogP contribution in [0.3, 0.4) is 0 Å². The van der Waals surface area contributed by atoms with Crippen LogP contribution in [0.15, 0.2) is 11.8 Å². The van der Waals surface area contributed by atoms with Crippen LogP contribution in [0.1, 0.15) is 13.8 Å². The first-order valence-corrected chi connectivity index (χ1v) is 3.12. The third-order valence-electron chi connectivity index (χ3n) is 0.945. The van der Waals surface area contributed by atoms with Crippen molar-refractivity contribution in [3.05, 3.63) is 11.8 Å². The van der Waals surface area contributed by atoms with Gasteiger partial charge in [0.1, 0.15) is 0 Å². The Morgan fingerprint density at radius 1 is 1.70 bits per heavy atom. The molecule has 0 aromatic rings. The van der Waals surface area contributed by atoms with Crippen LogP contribution in [0.5, 0.6) is 0 Å². The Morgan fingerprint density at radius 3 is 2.20 bits per heavy atom. The summed E-state index contributed by atoms with van der Waals surface area (Å²) in [6.45, 7) is 3.13. The van der Waals surface area contributed by atoms with E-state index in [1.54, 1.807) is 6.92 Å². The second-order valence-corrected chi connectivity index (χ2v) is 2.62. The van der Waals surface area contributed by atoms with Crippen LogP contribution in [0.4, 0.5) is 0 Å². The Kier molecular flexibility index (Phi) is 9.47. The molecule has 0 heterocycles. The van der Waals surface area contributed by atoms with Crippen molar-refractivity contribution in [2.24, 2.45) is 0 Å². The van der Waals surface area contributed by atoms with Gasteiger partial charge in [0, 0.05) is 0 Å². The molecule has 10 heavy (non-hydrogen) atoms. The number of allylic oxidation sites excluding steroid dienone is 1. The maximum absolute atomic E-state index is 10.7. The molecule has 52 valence electrons. The van der Waals surface area contributed by atoms with Crippen molar-refractivity contribution < 1.29 is 61.3 Å². The van der Waals surface area contributed by atoms with Gasteiger partial charge in [-0.1, -0.05) is 0 Å². The van der Waals surface area contributed by atoms with Crippen molar-refractivity contribution >= 4 is 18.4 Å². The van der Waals surface area contributed by atoms with Crippen LogP contribution >= 0.6 is 12.6 Å². The Hall–Kier alpha value is 1.20. The van der Waals surface area contributed by atoms with E-state index in [9.17, 15) is 9.90 Å². The molecule has 2 nitrogen and oxygen atoms in total. The summed E-state index contributed by atoms with van der Waals surface area (Å²) in [4.78, 5) is 10.7. The van der Waals surface area contributed by atoms with Crippen molar-refractivity contribution in [1.82, 2.24) is 0 Å². The Balaban J connectivity index is 0. The zero-order chi connectivity index (χ0) is 7.44. The van der Waals surface area contributed by atoms with Gasteiger partial charge in [-0.05, 0) is 19.4 Å². The maximum Gasteiger partial charge on any atom is 1.00 e. The Morgan fingerprint density at radius 2 is 2.10 bits per heavy atom. The average Bonchev–Trinajstić information content (AvgIpc) is 1.84. The second-order valence-electron chi connectivity index (χ2n) is 1.84. The fourth-order valence-electron chi connectivity index (χ4n) is 0.388. The van der Waals surface area contributed by atoms with E-state index < -0.39 is 0 Å².